The van der Waals surface area contributed by atoms with Crippen molar-refractivity contribution in [2.75, 3.05) is 58.7 Å². The zero-order valence-corrected chi connectivity index (χ0v) is 32.7. The van der Waals surface area contributed by atoms with Gasteiger partial charge in [0.05, 0.1) is 34.7 Å². The van der Waals surface area contributed by atoms with E-state index in [0.717, 1.165) is 39.9 Å². The summed E-state index contributed by atoms with van der Waals surface area (Å²) in [7, 11) is 1.76. The molecule has 286 valence electrons. The van der Waals surface area contributed by atoms with Crippen molar-refractivity contribution in [1.82, 2.24) is 30.3 Å². The molecule has 0 spiro atoms. The Balaban J connectivity index is 1.28. The second-order valence-corrected chi connectivity index (χ2v) is 15.8. The molecule has 4 amide bonds. The number of nitrogens with zero attached hydrogens (tertiary/aromatic N) is 5. The number of hydrogen-bond donors (Lipinski definition) is 2. The summed E-state index contributed by atoms with van der Waals surface area (Å²) in [5.41, 5.74) is 3.75. The zero-order valence-electron chi connectivity index (χ0n) is 31.0. The SMILES string of the molecule is CC(C)C1=NC(CN(C)C(=O)NC(CCN2CCOCC2)C(=O)NC(CCN(Cc2ccccc2)C(=O)OCc2cncs2)Cc2ccccc2)CS1. The second kappa shape index (κ2) is 21.0. The Morgan fingerprint density at radius 2 is 1.72 bits per heavy atom. The van der Waals surface area contributed by atoms with Crippen molar-refractivity contribution in [3.8, 4) is 0 Å². The van der Waals surface area contributed by atoms with Crippen LogP contribution in [0.4, 0.5) is 9.59 Å². The van der Waals surface area contributed by atoms with Crippen LogP contribution in [-0.2, 0) is 33.8 Å². The standard InChI is InChI=1S/C39H53N7O5S2/c1-29(2)37-42-33(27-52-37)25-44(3)38(48)43-35(15-16-45-18-20-50-21-19-45)36(47)41-32(22-30-10-6-4-7-11-30)14-17-46(24-31-12-8-5-9-13-31)39(49)51-26-34-23-40-28-53-34/h4-13,23,28-29,32-33,35H,14-22,24-27H2,1-3H3,(H,41,47)(H,43,48). The molecule has 2 aliphatic heterocycles. The topological polar surface area (TPSA) is 129 Å². The fourth-order valence-electron chi connectivity index (χ4n) is 6.22. The number of amides is 4. The van der Waals surface area contributed by atoms with Gasteiger partial charge in [-0.25, -0.2) is 9.59 Å². The summed E-state index contributed by atoms with van der Waals surface area (Å²) < 4.78 is 11.2. The molecule has 3 heterocycles. The van der Waals surface area contributed by atoms with Gasteiger partial charge in [0.2, 0.25) is 5.91 Å². The van der Waals surface area contributed by atoms with Gasteiger partial charge in [0.1, 0.15) is 12.6 Å². The molecule has 0 bridgehead atoms. The van der Waals surface area contributed by atoms with Crippen molar-refractivity contribution < 1.29 is 23.9 Å². The van der Waals surface area contributed by atoms with Crippen LogP contribution in [0.2, 0.25) is 0 Å². The van der Waals surface area contributed by atoms with Gasteiger partial charge in [-0.05, 0) is 30.4 Å². The quantitative estimate of drug-likeness (QED) is 0.179. The van der Waals surface area contributed by atoms with Crippen molar-refractivity contribution in [3.63, 3.8) is 0 Å². The van der Waals surface area contributed by atoms with Gasteiger partial charge in [0.15, 0.2) is 0 Å². The summed E-state index contributed by atoms with van der Waals surface area (Å²) in [6.07, 6.45) is 2.74. The van der Waals surface area contributed by atoms with Crippen LogP contribution >= 0.6 is 23.1 Å². The normalized spacial score (nSPS) is 17.1. The first kappa shape index (κ1) is 40.2. The number of ether oxygens (including phenoxy) is 2. The molecule has 3 unspecified atom stereocenters. The van der Waals surface area contributed by atoms with Crippen LogP contribution in [-0.4, -0.2) is 120 Å². The molecule has 2 aromatic carbocycles. The highest BCUT2D eigenvalue weighted by Gasteiger charge is 2.29. The fourth-order valence-corrected chi connectivity index (χ4v) is 7.83. The third-order valence-electron chi connectivity index (χ3n) is 9.23. The van der Waals surface area contributed by atoms with Gasteiger partial charge in [-0.3, -0.25) is 19.7 Å². The molecule has 0 radical (unpaired) electrons. The summed E-state index contributed by atoms with van der Waals surface area (Å²) in [4.78, 5) is 56.6. The number of thiazole rings is 1. The Morgan fingerprint density at radius 1 is 1.00 bits per heavy atom. The number of thioether (sulfide) groups is 1. The average Bonchev–Trinajstić information content (AvgIpc) is 3.88. The first-order chi connectivity index (χ1) is 25.7. The van der Waals surface area contributed by atoms with Crippen LogP contribution in [0.25, 0.3) is 0 Å². The van der Waals surface area contributed by atoms with Gasteiger partial charge in [-0.1, -0.05) is 74.5 Å². The molecule has 0 saturated carbocycles. The molecular formula is C39H53N7O5S2. The molecule has 2 aliphatic rings. The Kier molecular flexibility index (Phi) is 16.0. The van der Waals surface area contributed by atoms with E-state index in [0.29, 0.717) is 64.6 Å². The maximum atomic E-state index is 14.2. The van der Waals surface area contributed by atoms with Crippen LogP contribution < -0.4 is 10.6 Å². The van der Waals surface area contributed by atoms with E-state index >= 15 is 0 Å². The number of morpholine rings is 1. The number of rotatable bonds is 18. The van der Waals surface area contributed by atoms with Gasteiger partial charge in [-0.15, -0.1) is 23.1 Å². The molecule has 3 atom stereocenters. The van der Waals surface area contributed by atoms with Gasteiger partial charge >= 0.3 is 12.1 Å². The molecule has 5 rings (SSSR count). The molecule has 3 aromatic rings. The van der Waals surface area contributed by atoms with Crippen molar-refractivity contribution in [1.29, 1.82) is 0 Å². The number of carbonyl (C=O) groups is 3. The summed E-state index contributed by atoms with van der Waals surface area (Å²) in [5.74, 6) is 0.953. The van der Waals surface area contributed by atoms with Crippen molar-refractivity contribution in [2.24, 2.45) is 10.9 Å². The summed E-state index contributed by atoms with van der Waals surface area (Å²) in [6.45, 7) is 9.09. The minimum Gasteiger partial charge on any atom is -0.444 e. The van der Waals surface area contributed by atoms with Gasteiger partial charge in [0.25, 0.3) is 0 Å². The van der Waals surface area contributed by atoms with E-state index in [1.807, 2.05) is 60.7 Å². The van der Waals surface area contributed by atoms with Crippen LogP contribution in [0.15, 0.2) is 77.4 Å². The van der Waals surface area contributed by atoms with Crippen molar-refractivity contribution >= 4 is 46.2 Å². The number of nitrogens with one attached hydrogen (secondary N) is 2. The molecule has 12 nitrogen and oxygen atoms in total. The Bertz CT molecular complexity index is 1590. The third-order valence-corrected chi connectivity index (χ3v) is 11.4. The van der Waals surface area contributed by atoms with Crippen LogP contribution in [0, 0.1) is 5.92 Å². The van der Waals surface area contributed by atoms with Crippen molar-refractivity contribution in [2.45, 2.75) is 64.4 Å². The third kappa shape index (κ3) is 13.4. The maximum Gasteiger partial charge on any atom is 0.410 e. The smallest absolute Gasteiger partial charge is 0.410 e. The highest BCUT2D eigenvalue weighted by Crippen LogP contribution is 2.23. The van der Waals surface area contributed by atoms with E-state index in [9.17, 15) is 14.4 Å². The highest BCUT2D eigenvalue weighted by atomic mass is 32.2. The largest absolute Gasteiger partial charge is 0.444 e. The Hall–Kier alpha value is -3.98. The van der Waals surface area contributed by atoms with Crippen LogP contribution in [0.3, 0.4) is 0 Å². The number of aliphatic imine (C=N–C) groups is 1. The van der Waals surface area contributed by atoms with Gasteiger partial charge in [0, 0.05) is 70.2 Å². The lowest BCUT2D eigenvalue weighted by Gasteiger charge is -2.30. The van der Waals surface area contributed by atoms with Crippen LogP contribution in [0.1, 0.15) is 42.7 Å². The number of urea groups is 1. The first-order valence-corrected chi connectivity index (χ1v) is 20.3. The maximum absolute atomic E-state index is 14.2. The summed E-state index contributed by atoms with van der Waals surface area (Å²) >= 11 is 3.18. The predicted octanol–water partition coefficient (Wildman–Crippen LogP) is 5.30. The monoisotopic (exact) mass is 763 g/mol. The summed E-state index contributed by atoms with van der Waals surface area (Å²) in [5, 5.41) is 7.44. The number of hydrogen-bond acceptors (Lipinski definition) is 10. The van der Waals surface area contributed by atoms with Crippen LogP contribution in [0.5, 0.6) is 0 Å². The average molecular weight is 764 g/mol. The predicted molar refractivity (Wildman–Crippen MR) is 211 cm³/mol. The van der Waals surface area contributed by atoms with Gasteiger partial charge in [-0.2, -0.15) is 0 Å². The lowest BCUT2D eigenvalue weighted by molar-refractivity contribution is -0.124. The number of carbonyl (C=O) groups excluding carboxylic acids is 3. The lowest BCUT2D eigenvalue weighted by Crippen LogP contribution is -2.54. The molecule has 1 aromatic heterocycles. The number of benzene rings is 2. The van der Waals surface area contributed by atoms with E-state index in [1.54, 1.807) is 40.3 Å². The molecule has 2 N–H and O–H groups in total. The van der Waals surface area contributed by atoms with E-state index in [1.165, 1.54) is 11.3 Å². The van der Waals surface area contributed by atoms with E-state index in [4.69, 9.17) is 14.5 Å². The molecule has 1 fully saturated rings. The van der Waals surface area contributed by atoms with Gasteiger partial charge < -0.3 is 29.9 Å². The molecular weight excluding hydrogens is 711 g/mol. The van der Waals surface area contributed by atoms with E-state index < -0.39 is 12.1 Å². The molecule has 0 aliphatic carbocycles. The van der Waals surface area contributed by atoms with E-state index in [2.05, 4.69) is 34.4 Å². The Morgan fingerprint density at radius 3 is 2.38 bits per heavy atom. The fraction of sp³-hybridized carbons (Fsp3) is 0.513. The lowest BCUT2D eigenvalue weighted by atomic mass is 10.0. The minimum absolute atomic E-state index is 0.0246. The minimum atomic E-state index is -0.761. The first-order valence-electron chi connectivity index (χ1n) is 18.4. The zero-order chi connectivity index (χ0) is 37.4. The highest BCUT2D eigenvalue weighted by molar-refractivity contribution is 8.14. The van der Waals surface area contributed by atoms with Crippen molar-refractivity contribution in [3.05, 3.63) is 88.4 Å². The number of likely N-dealkylation sites (N-methyl/N-ethyl adjacent to an activating group) is 1. The summed E-state index contributed by atoms with van der Waals surface area (Å²) in [6, 6.07) is 18.4. The second-order valence-electron chi connectivity index (χ2n) is 13.8. The molecule has 53 heavy (non-hydrogen) atoms. The molecule has 14 heteroatoms. The Labute approximate surface area is 321 Å². The number of aromatic nitrogens is 1. The molecule has 1 saturated heterocycles. The van der Waals surface area contributed by atoms with E-state index in [-0.39, 0.29) is 30.6 Å².